The number of aromatic hydroxyl groups is 1. The van der Waals surface area contributed by atoms with Gasteiger partial charge in [0, 0.05) is 12.1 Å². The lowest BCUT2D eigenvalue weighted by atomic mass is 10.0. The van der Waals surface area contributed by atoms with Gasteiger partial charge < -0.3 is 9.84 Å². The van der Waals surface area contributed by atoms with Crippen molar-refractivity contribution >= 4 is 23.5 Å². The van der Waals surface area contributed by atoms with Gasteiger partial charge in [0.15, 0.2) is 5.76 Å². The zero-order chi connectivity index (χ0) is 19.0. The van der Waals surface area contributed by atoms with E-state index in [9.17, 15) is 14.3 Å². The number of phenolic OH excluding ortho intramolecular Hbond substituents is 1. The van der Waals surface area contributed by atoms with Gasteiger partial charge in [-0.2, -0.15) is 0 Å². The molecule has 6 heteroatoms. The van der Waals surface area contributed by atoms with E-state index < -0.39 is 5.82 Å². The van der Waals surface area contributed by atoms with E-state index in [-0.39, 0.29) is 27.9 Å². The van der Waals surface area contributed by atoms with Gasteiger partial charge in [-0.15, -0.1) is 0 Å². The number of halogens is 2. The molecule has 2 aromatic rings. The molecule has 1 saturated heterocycles. The van der Waals surface area contributed by atoms with E-state index in [1.165, 1.54) is 36.8 Å². The molecule has 0 spiro atoms. The van der Waals surface area contributed by atoms with Crippen molar-refractivity contribution in [3.63, 3.8) is 0 Å². The molecule has 27 heavy (non-hydrogen) atoms. The highest BCUT2D eigenvalue weighted by molar-refractivity contribution is 6.32. The Morgan fingerprint density at radius 2 is 1.96 bits per heavy atom. The Hall–Kier alpha value is -2.37. The van der Waals surface area contributed by atoms with Crippen LogP contribution in [0.3, 0.4) is 0 Å². The first-order valence-corrected chi connectivity index (χ1v) is 9.38. The molecule has 0 atom stereocenters. The van der Waals surface area contributed by atoms with Crippen LogP contribution >= 0.6 is 11.6 Å². The average Bonchev–Trinajstić information content (AvgIpc) is 2.98. The molecule has 2 aromatic carbocycles. The second-order valence-electron chi connectivity index (χ2n) is 6.85. The molecule has 1 fully saturated rings. The summed E-state index contributed by atoms with van der Waals surface area (Å²) in [5.74, 6) is -0.424. The summed E-state index contributed by atoms with van der Waals surface area (Å²) in [6.45, 7) is 2.41. The molecule has 4 rings (SSSR count). The zero-order valence-corrected chi connectivity index (χ0v) is 15.4. The molecule has 0 saturated carbocycles. The first-order valence-electron chi connectivity index (χ1n) is 9.00. The number of rotatable bonds is 3. The molecular formula is C21H19ClFNO3. The number of ketones is 1. The van der Waals surface area contributed by atoms with Gasteiger partial charge in [0.05, 0.1) is 16.1 Å². The molecule has 2 heterocycles. The molecule has 2 aliphatic rings. The first-order chi connectivity index (χ1) is 13.0. The average molecular weight is 388 g/mol. The van der Waals surface area contributed by atoms with Crippen molar-refractivity contribution in [3.05, 3.63) is 63.6 Å². The molecule has 0 amide bonds. The minimum absolute atomic E-state index is 0.00231. The fraction of sp³-hybridized carbons (Fsp3) is 0.286. The molecule has 1 N–H and O–H groups in total. The van der Waals surface area contributed by atoms with E-state index >= 15 is 0 Å². The van der Waals surface area contributed by atoms with Gasteiger partial charge in [0.2, 0.25) is 5.78 Å². The maximum absolute atomic E-state index is 14.1. The van der Waals surface area contributed by atoms with Crippen LogP contribution in [0.2, 0.25) is 5.02 Å². The van der Waals surface area contributed by atoms with Crippen LogP contribution in [0.4, 0.5) is 4.39 Å². The van der Waals surface area contributed by atoms with E-state index in [2.05, 4.69) is 4.90 Å². The SMILES string of the molecule is O=C1/C(=C/c2c(F)cccc2Cl)Oc2c1ccc(O)c2CN1CCCCC1. The number of hydrogen-bond acceptors (Lipinski definition) is 4. The summed E-state index contributed by atoms with van der Waals surface area (Å²) >= 11 is 6.05. The summed E-state index contributed by atoms with van der Waals surface area (Å²) in [7, 11) is 0. The van der Waals surface area contributed by atoms with E-state index in [0.29, 0.717) is 23.4 Å². The lowest BCUT2D eigenvalue weighted by Gasteiger charge is -2.27. The topological polar surface area (TPSA) is 49.8 Å². The van der Waals surface area contributed by atoms with Gasteiger partial charge in [0.25, 0.3) is 0 Å². The molecule has 0 aromatic heterocycles. The Morgan fingerprint density at radius 1 is 1.19 bits per heavy atom. The van der Waals surface area contributed by atoms with Gasteiger partial charge in [-0.3, -0.25) is 9.69 Å². The first kappa shape index (κ1) is 18.0. The minimum Gasteiger partial charge on any atom is -0.507 e. The number of carbonyl (C=O) groups is 1. The fourth-order valence-electron chi connectivity index (χ4n) is 3.57. The lowest BCUT2D eigenvalue weighted by Crippen LogP contribution is -2.29. The van der Waals surface area contributed by atoms with Crippen LogP contribution in [0.25, 0.3) is 6.08 Å². The molecule has 0 unspecified atom stereocenters. The number of carbonyl (C=O) groups excluding carboxylic acids is 1. The van der Waals surface area contributed by atoms with Crippen molar-refractivity contribution in [3.8, 4) is 11.5 Å². The molecule has 2 aliphatic heterocycles. The van der Waals surface area contributed by atoms with E-state index in [1.54, 1.807) is 6.07 Å². The predicted molar refractivity (Wildman–Crippen MR) is 102 cm³/mol. The van der Waals surface area contributed by atoms with Crippen LogP contribution in [0.15, 0.2) is 36.1 Å². The van der Waals surface area contributed by atoms with Crippen LogP contribution in [0.5, 0.6) is 11.5 Å². The van der Waals surface area contributed by atoms with Crippen molar-refractivity contribution in [1.82, 2.24) is 4.90 Å². The van der Waals surface area contributed by atoms with Crippen LogP contribution < -0.4 is 4.74 Å². The molecule has 0 bridgehead atoms. The highest BCUT2D eigenvalue weighted by Gasteiger charge is 2.32. The van der Waals surface area contributed by atoms with E-state index in [1.807, 2.05) is 0 Å². The van der Waals surface area contributed by atoms with Crippen molar-refractivity contribution in [2.75, 3.05) is 13.1 Å². The Balaban J connectivity index is 1.69. The molecule has 0 radical (unpaired) electrons. The van der Waals surface area contributed by atoms with Crippen LogP contribution in [0, 0.1) is 5.82 Å². The van der Waals surface area contributed by atoms with Crippen molar-refractivity contribution in [2.45, 2.75) is 25.8 Å². The lowest BCUT2D eigenvalue weighted by molar-refractivity contribution is 0.101. The van der Waals surface area contributed by atoms with Crippen LogP contribution in [-0.2, 0) is 6.54 Å². The molecule has 4 nitrogen and oxygen atoms in total. The largest absolute Gasteiger partial charge is 0.507 e. The van der Waals surface area contributed by atoms with Gasteiger partial charge in [-0.05, 0) is 56.3 Å². The quantitative estimate of drug-likeness (QED) is 0.769. The third-order valence-electron chi connectivity index (χ3n) is 5.02. The van der Waals surface area contributed by atoms with Crippen LogP contribution in [0.1, 0.15) is 40.7 Å². The monoisotopic (exact) mass is 387 g/mol. The summed E-state index contributed by atoms with van der Waals surface area (Å²) in [5.41, 5.74) is 1.07. The smallest absolute Gasteiger partial charge is 0.231 e. The maximum atomic E-state index is 14.1. The Labute approximate surface area is 161 Å². The number of fused-ring (bicyclic) bond motifs is 1. The summed E-state index contributed by atoms with van der Waals surface area (Å²) < 4.78 is 19.9. The molecule has 140 valence electrons. The zero-order valence-electron chi connectivity index (χ0n) is 14.7. The maximum Gasteiger partial charge on any atom is 0.231 e. The number of ether oxygens (including phenoxy) is 1. The predicted octanol–water partition coefficient (Wildman–Crippen LogP) is 4.79. The second-order valence-corrected chi connectivity index (χ2v) is 7.26. The number of Topliss-reactive ketones (excluding diaryl/α,β-unsaturated/α-hetero) is 1. The Bertz CT molecular complexity index is 915. The van der Waals surface area contributed by atoms with Gasteiger partial charge >= 0.3 is 0 Å². The number of nitrogens with zero attached hydrogens (tertiary/aromatic N) is 1. The summed E-state index contributed by atoms with van der Waals surface area (Å²) in [6.07, 6.45) is 4.77. The summed E-state index contributed by atoms with van der Waals surface area (Å²) in [5, 5.41) is 10.5. The molecule has 0 aliphatic carbocycles. The van der Waals surface area contributed by atoms with Crippen molar-refractivity contribution < 1.29 is 19.0 Å². The Kier molecular flexibility index (Phi) is 4.89. The number of phenols is 1. The standard InChI is InChI=1S/C21H19ClFNO3/c22-16-5-4-6-17(23)14(16)11-19-20(26)13-7-8-18(25)15(21(13)27-19)12-24-9-2-1-3-10-24/h4-8,11,25H,1-3,9-10,12H2/b19-11-. The van der Waals surface area contributed by atoms with Crippen molar-refractivity contribution in [1.29, 1.82) is 0 Å². The third kappa shape index (κ3) is 3.45. The Morgan fingerprint density at radius 3 is 2.70 bits per heavy atom. The summed E-state index contributed by atoms with van der Waals surface area (Å²) in [4.78, 5) is 15.0. The fourth-order valence-corrected chi connectivity index (χ4v) is 3.79. The highest BCUT2D eigenvalue weighted by Crippen LogP contribution is 2.40. The highest BCUT2D eigenvalue weighted by atomic mass is 35.5. The van der Waals surface area contributed by atoms with E-state index in [4.69, 9.17) is 16.3 Å². The van der Waals surface area contributed by atoms with Gasteiger partial charge in [-0.1, -0.05) is 24.1 Å². The molecular weight excluding hydrogens is 369 g/mol. The number of piperidine rings is 1. The number of hydrogen-bond donors (Lipinski definition) is 1. The van der Waals surface area contributed by atoms with Gasteiger partial charge in [0.1, 0.15) is 17.3 Å². The number of allylic oxidation sites excluding steroid dienone is 1. The third-order valence-corrected chi connectivity index (χ3v) is 5.35. The number of likely N-dealkylation sites (tertiary alicyclic amines) is 1. The minimum atomic E-state index is -0.529. The van der Waals surface area contributed by atoms with E-state index in [0.717, 1.165) is 25.9 Å². The van der Waals surface area contributed by atoms with Gasteiger partial charge in [-0.25, -0.2) is 4.39 Å². The second kappa shape index (κ2) is 7.33. The number of benzene rings is 2. The van der Waals surface area contributed by atoms with Crippen LogP contribution in [-0.4, -0.2) is 28.9 Å². The van der Waals surface area contributed by atoms with Crippen molar-refractivity contribution in [2.24, 2.45) is 0 Å². The normalized spacial score (nSPS) is 18.6. The summed E-state index contributed by atoms with van der Waals surface area (Å²) in [6, 6.07) is 7.38.